The topological polar surface area (TPSA) is 49.4 Å². The van der Waals surface area contributed by atoms with E-state index >= 15 is 0 Å². The van der Waals surface area contributed by atoms with E-state index in [1.165, 1.54) is 6.07 Å². The van der Waals surface area contributed by atoms with Crippen LogP contribution >= 0.6 is 0 Å². The van der Waals surface area contributed by atoms with Crippen LogP contribution in [0.3, 0.4) is 0 Å². The van der Waals surface area contributed by atoms with Crippen LogP contribution in [-0.4, -0.2) is 31.3 Å². The number of benzene rings is 2. The van der Waals surface area contributed by atoms with Gasteiger partial charge < -0.3 is 20.3 Å². The molecule has 0 bridgehead atoms. The van der Waals surface area contributed by atoms with E-state index in [-0.39, 0.29) is 0 Å². The summed E-state index contributed by atoms with van der Waals surface area (Å²) in [5, 5.41) is 6.55. The van der Waals surface area contributed by atoms with Crippen molar-refractivity contribution < 1.29 is 17.9 Å². The number of nitrogens with one attached hydrogen (secondary N) is 2. The lowest BCUT2D eigenvalue weighted by atomic mass is 10.0. The van der Waals surface area contributed by atoms with Gasteiger partial charge in [-0.05, 0) is 60.3 Å². The van der Waals surface area contributed by atoms with Crippen molar-refractivity contribution in [3.8, 4) is 11.3 Å². The van der Waals surface area contributed by atoms with Crippen LogP contribution in [0.15, 0.2) is 60.8 Å². The predicted molar refractivity (Wildman–Crippen MR) is 123 cm³/mol. The minimum absolute atomic E-state index is 0.422. The number of hydrogen-bond donors (Lipinski definition) is 2. The number of anilines is 3. The van der Waals surface area contributed by atoms with Gasteiger partial charge >= 0.3 is 6.18 Å². The van der Waals surface area contributed by atoms with E-state index in [9.17, 15) is 13.2 Å². The Kier molecular flexibility index (Phi) is 5.68. The molecule has 0 atom stereocenters. The molecule has 5 rings (SSSR count). The molecule has 1 aromatic heterocycles. The highest BCUT2D eigenvalue weighted by Crippen LogP contribution is 2.34. The second-order valence-corrected chi connectivity index (χ2v) is 7.99. The summed E-state index contributed by atoms with van der Waals surface area (Å²) in [4.78, 5) is 6.98. The zero-order chi connectivity index (χ0) is 22.8. The molecule has 3 heterocycles. The molecule has 1 fully saturated rings. The summed E-state index contributed by atoms with van der Waals surface area (Å²) in [6.45, 7) is 3.74. The summed E-state index contributed by atoms with van der Waals surface area (Å²) in [5.41, 5.74) is 4.08. The average molecular weight is 452 g/mol. The van der Waals surface area contributed by atoms with Gasteiger partial charge in [-0.2, -0.15) is 13.2 Å². The van der Waals surface area contributed by atoms with Gasteiger partial charge in [-0.15, -0.1) is 0 Å². The molecular formula is C25H23F3N4O. The standard InChI is InChI=1S/C25H23F3N4O/c26-25(27,28)19-3-1-2-18(14-19)23-15-17-8-9-29-16-22(17)24(31-23)30-20-4-6-21(7-5-20)32-10-12-33-13-11-32/h1-9,14-15,29H,10-13,16H2,(H,30,31). The van der Waals surface area contributed by atoms with Crippen LogP contribution in [0.1, 0.15) is 16.7 Å². The predicted octanol–water partition coefficient (Wildman–Crippen LogP) is 5.42. The summed E-state index contributed by atoms with van der Waals surface area (Å²) in [5.74, 6) is 0.621. The second kappa shape index (κ2) is 8.78. The average Bonchev–Trinajstić information content (AvgIpc) is 2.84. The Balaban J connectivity index is 1.47. The summed E-state index contributed by atoms with van der Waals surface area (Å²) < 4.78 is 45.1. The van der Waals surface area contributed by atoms with Gasteiger partial charge in [0.15, 0.2) is 0 Å². The Bertz CT molecular complexity index is 1170. The molecule has 33 heavy (non-hydrogen) atoms. The van der Waals surface area contributed by atoms with Gasteiger partial charge in [0.2, 0.25) is 0 Å². The summed E-state index contributed by atoms with van der Waals surface area (Å²) in [7, 11) is 0. The number of hydrogen-bond acceptors (Lipinski definition) is 5. The second-order valence-electron chi connectivity index (χ2n) is 7.99. The molecule has 0 aliphatic carbocycles. The van der Waals surface area contributed by atoms with Crippen LogP contribution in [0, 0.1) is 0 Å². The fourth-order valence-corrected chi connectivity index (χ4v) is 4.06. The van der Waals surface area contributed by atoms with E-state index in [0.717, 1.165) is 60.9 Å². The van der Waals surface area contributed by atoms with Crippen LogP contribution < -0.4 is 15.5 Å². The fourth-order valence-electron chi connectivity index (χ4n) is 4.06. The van der Waals surface area contributed by atoms with Gasteiger partial charge in [-0.1, -0.05) is 12.1 Å². The number of fused-ring (bicyclic) bond motifs is 1. The first-order valence-corrected chi connectivity index (χ1v) is 10.8. The van der Waals surface area contributed by atoms with Crippen molar-refractivity contribution in [3.63, 3.8) is 0 Å². The minimum atomic E-state index is -4.41. The van der Waals surface area contributed by atoms with Gasteiger partial charge in [-0.3, -0.25) is 0 Å². The van der Waals surface area contributed by atoms with Crippen molar-refractivity contribution in [1.82, 2.24) is 10.3 Å². The first-order valence-electron chi connectivity index (χ1n) is 10.8. The third kappa shape index (κ3) is 4.66. The fraction of sp³-hybridized carbons (Fsp3) is 0.240. The molecule has 5 nitrogen and oxygen atoms in total. The normalized spacial score (nSPS) is 15.7. The van der Waals surface area contributed by atoms with Gasteiger partial charge in [0.05, 0.1) is 24.5 Å². The molecule has 2 N–H and O–H groups in total. The minimum Gasteiger partial charge on any atom is -0.387 e. The van der Waals surface area contributed by atoms with Crippen molar-refractivity contribution >= 4 is 23.3 Å². The highest BCUT2D eigenvalue weighted by molar-refractivity contribution is 5.74. The number of rotatable bonds is 4. The van der Waals surface area contributed by atoms with Crippen molar-refractivity contribution in [1.29, 1.82) is 0 Å². The van der Waals surface area contributed by atoms with Crippen molar-refractivity contribution in [3.05, 3.63) is 77.5 Å². The number of nitrogens with zero attached hydrogens (tertiary/aromatic N) is 2. The van der Waals surface area contributed by atoms with Gasteiger partial charge in [-0.25, -0.2) is 4.98 Å². The lowest BCUT2D eigenvalue weighted by Crippen LogP contribution is -2.36. The summed E-state index contributed by atoms with van der Waals surface area (Å²) in [6, 6.07) is 15.2. The van der Waals surface area contributed by atoms with Crippen LogP contribution in [-0.2, 0) is 17.5 Å². The van der Waals surface area contributed by atoms with E-state index < -0.39 is 11.7 Å². The molecule has 0 amide bonds. The largest absolute Gasteiger partial charge is 0.416 e. The molecular weight excluding hydrogens is 429 g/mol. The Morgan fingerprint density at radius 1 is 1.00 bits per heavy atom. The zero-order valence-corrected chi connectivity index (χ0v) is 17.8. The van der Waals surface area contributed by atoms with E-state index in [4.69, 9.17) is 9.72 Å². The van der Waals surface area contributed by atoms with Gasteiger partial charge in [0.25, 0.3) is 0 Å². The third-order valence-electron chi connectivity index (χ3n) is 5.81. The van der Waals surface area contributed by atoms with E-state index in [1.807, 2.05) is 30.5 Å². The lowest BCUT2D eigenvalue weighted by molar-refractivity contribution is -0.137. The van der Waals surface area contributed by atoms with Crippen LogP contribution in [0.25, 0.3) is 17.3 Å². The number of pyridine rings is 1. The van der Waals surface area contributed by atoms with Gasteiger partial charge in [0.1, 0.15) is 5.82 Å². The number of aromatic nitrogens is 1. The molecule has 2 aromatic carbocycles. The van der Waals surface area contributed by atoms with Crippen molar-refractivity contribution in [2.24, 2.45) is 0 Å². The van der Waals surface area contributed by atoms with E-state index in [1.54, 1.807) is 6.07 Å². The van der Waals surface area contributed by atoms with Crippen LogP contribution in [0.2, 0.25) is 0 Å². The number of halogens is 3. The first kappa shape index (κ1) is 21.3. The highest BCUT2D eigenvalue weighted by Gasteiger charge is 2.30. The number of morpholine rings is 1. The molecule has 1 saturated heterocycles. The van der Waals surface area contributed by atoms with E-state index in [0.29, 0.717) is 23.6 Å². The zero-order valence-electron chi connectivity index (χ0n) is 17.8. The SMILES string of the molecule is FC(F)(F)c1cccc(-c2cc3c(c(Nc4ccc(N5CCOCC5)cc4)n2)CNC=C3)c1. The maximum Gasteiger partial charge on any atom is 0.416 e. The van der Waals surface area contributed by atoms with Crippen LogP contribution in [0.5, 0.6) is 0 Å². The molecule has 170 valence electrons. The Hall–Kier alpha value is -3.52. The monoisotopic (exact) mass is 452 g/mol. The molecule has 0 spiro atoms. The lowest BCUT2D eigenvalue weighted by Gasteiger charge is -2.29. The maximum atomic E-state index is 13.2. The number of alkyl halides is 3. The van der Waals surface area contributed by atoms with Crippen LogP contribution in [0.4, 0.5) is 30.4 Å². The quantitative estimate of drug-likeness (QED) is 0.554. The highest BCUT2D eigenvalue weighted by atomic mass is 19.4. The van der Waals surface area contributed by atoms with Crippen molar-refractivity contribution in [2.75, 3.05) is 36.5 Å². The molecule has 0 unspecified atom stereocenters. The molecule has 2 aliphatic rings. The molecule has 2 aliphatic heterocycles. The van der Waals surface area contributed by atoms with E-state index in [2.05, 4.69) is 27.7 Å². The van der Waals surface area contributed by atoms with Crippen molar-refractivity contribution in [2.45, 2.75) is 12.7 Å². The molecule has 8 heteroatoms. The summed E-state index contributed by atoms with van der Waals surface area (Å²) >= 11 is 0. The smallest absolute Gasteiger partial charge is 0.387 e. The van der Waals surface area contributed by atoms with Gasteiger partial charge in [0, 0.05) is 42.1 Å². The Morgan fingerprint density at radius 3 is 2.55 bits per heavy atom. The Labute approximate surface area is 189 Å². The third-order valence-corrected chi connectivity index (χ3v) is 5.81. The molecule has 0 radical (unpaired) electrons. The first-order chi connectivity index (χ1) is 16.0. The molecule has 3 aromatic rings. The molecule has 0 saturated carbocycles. The maximum absolute atomic E-state index is 13.2. The number of ether oxygens (including phenoxy) is 1. The summed E-state index contributed by atoms with van der Waals surface area (Å²) in [6.07, 6.45) is -0.666. The Morgan fingerprint density at radius 2 is 1.79 bits per heavy atom.